The second-order valence-corrected chi connectivity index (χ2v) is 7.48. The molecule has 1 rings (SSSR count). The van der Waals surface area contributed by atoms with E-state index in [1.54, 1.807) is 48.5 Å². The molecule has 1 unspecified atom stereocenters. The summed E-state index contributed by atoms with van der Waals surface area (Å²) in [4.78, 5) is 36.8. The molecule has 0 radical (unpaired) electrons. The average Bonchev–Trinajstić information content (AvgIpc) is 3.00. The largest absolute Gasteiger partial charge is 0.466 e. The molecule has 1 atom stereocenters. The van der Waals surface area contributed by atoms with Crippen LogP contribution in [0.25, 0.3) is 0 Å². The van der Waals surface area contributed by atoms with Crippen LogP contribution >= 0.6 is 0 Å². The third kappa shape index (κ3) is 4.21. The lowest BCUT2D eigenvalue weighted by Crippen LogP contribution is -2.40. The van der Waals surface area contributed by atoms with E-state index in [1.807, 2.05) is 0 Å². The Morgan fingerprint density at radius 2 is 1.36 bits per heavy atom. The number of carbonyl (C=O) groups is 3. The number of esters is 3. The molecular weight excluding hydrogens is 288 g/mol. The Hall–Kier alpha value is -1.59. The number of rotatable bonds is 4. The highest BCUT2D eigenvalue weighted by Crippen LogP contribution is 2.56. The molecule has 0 N–H and O–H groups in total. The van der Waals surface area contributed by atoms with Crippen LogP contribution in [0.3, 0.4) is 0 Å². The summed E-state index contributed by atoms with van der Waals surface area (Å²) in [6, 6.07) is 0. The number of hydrogen-bond donors (Lipinski definition) is 0. The van der Waals surface area contributed by atoms with E-state index < -0.39 is 40.4 Å². The van der Waals surface area contributed by atoms with Gasteiger partial charge in [-0.15, -0.1) is 0 Å². The maximum absolute atomic E-state index is 12.5. The Balaban J connectivity index is 3.01. The molecule has 0 aromatic carbocycles. The minimum atomic E-state index is -1.58. The summed E-state index contributed by atoms with van der Waals surface area (Å²) in [6.45, 7) is 12.1. The minimum absolute atomic E-state index is 0.0651. The topological polar surface area (TPSA) is 78.9 Å². The van der Waals surface area contributed by atoms with Crippen LogP contribution in [0.5, 0.6) is 0 Å². The highest BCUT2D eigenvalue weighted by atomic mass is 16.6. The summed E-state index contributed by atoms with van der Waals surface area (Å²) in [7, 11) is 0. The maximum Gasteiger partial charge on any atom is 0.324 e. The molecule has 0 bridgehead atoms. The summed E-state index contributed by atoms with van der Waals surface area (Å²) >= 11 is 0. The summed E-state index contributed by atoms with van der Waals surface area (Å²) in [5.41, 5.74) is -3.09. The fraction of sp³-hybridized carbons (Fsp3) is 0.812. The molecule has 0 aromatic rings. The van der Waals surface area contributed by atoms with Crippen molar-refractivity contribution in [2.45, 2.75) is 66.1 Å². The zero-order valence-corrected chi connectivity index (χ0v) is 14.4. The first-order valence-electron chi connectivity index (χ1n) is 7.47. The van der Waals surface area contributed by atoms with E-state index in [0.29, 0.717) is 0 Å². The fourth-order valence-corrected chi connectivity index (χ4v) is 2.06. The van der Waals surface area contributed by atoms with Crippen molar-refractivity contribution in [3.05, 3.63) is 0 Å². The van der Waals surface area contributed by atoms with Crippen molar-refractivity contribution in [3.63, 3.8) is 0 Å². The van der Waals surface area contributed by atoms with Gasteiger partial charge in [-0.25, -0.2) is 0 Å². The molecule has 1 aliphatic rings. The molecule has 0 spiro atoms. The minimum Gasteiger partial charge on any atom is -0.466 e. The van der Waals surface area contributed by atoms with E-state index in [4.69, 9.17) is 14.2 Å². The Morgan fingerprint density at radius 3 is 1.68 bits per heavy atom. The van der Waals surface area contributed by atoms with E-state index in [2.05, 4.69) is 0 Å². The number of hydrogen-bond acceptors (Lipinski definition) is 6. The van der Waals surface area contributed by atoms with Crippen molar-refractivity contribution in [2.24, 2.45) is 11.3 Å². The first-order chi connectivity index (χ1) is 9.83. The van der Waals surface area contributed by atoms with Gasteiger partial charge in [0.05, 0.1) is 12.5 Å². The van der Waals surface area contributed by atoms with Gasteiger partial charge in [-0.3, -0.25) is 14.4 Å². The molecule has 22 heavy (non-hydrogen) atoms. The predicted molar refractivity (Wildman–Crippen MR) is 78.9 cm³/mol. The average molecular weight is 314 g/mol. The Bertz CT molecular complexity index is 438. The quantitative estimate of drug-likeness (QED) is 0.450. The van der Waals surface area contributed by atoms with Crippen LogP contribution in [0.15, 0.2) is 0 Å². The van der Waals surface area contributed by atoms with Crippen LogP contribution in [-0.4, -0.2) is 35.7 Å². The van der Waals surface area contributed by atoms with Gasteiger partial charge in [0.25, 0.3) is 0 Å². The van der Waals surface area contributed by atoms with Gasteiger partial charge < -0.3 is 14.2 Å². The van der Waals surface area contributed by atoms with Crippen molar-refractivity contribution in [2.75, 3.05) is 6.61 Å². The molecule has 0 amide bonds. The molecule has 6 nitrogen and oxygen atoms in total. The second-order valence-electron chi connectivity index (χ2n) is 7.48. The van der Waals surface area contributed by atoms with Gasteiger partial charge in [-0.05, 0) is 54.9 Å². The third-order valence-electron chi connectivity index (χ3n) is 3.06. The normalized spacial score (nSPS) is 20.0. The molecule has 0 heterocycles. The lowest BCUT2D eigenvalue weighted by atomic mass is 10.0. The van der Waals surface area contributed by atoms with Crippen molar-refractivity contribution in [1.82, 2.24) is 0 Å². The van der Waals surface area contributed by atoms with Gasteiger partial charge >= 0.3 is 17.9 Å². The smallest absolute Gasteiger partial charge is 0.324 e. The summed E-state index contributed by atoms with van der Waals surface area (Å²) in [6.07, 6.45) is 0.0651. The summed E-state index contributed by atoms with van der Waals surface area (Å²) in [5.74, 6) is -2.86. The first-order valence-corrected chi connectivity index (χ1v) is 7.47. The van der Waals surface area contributed by atoms with E-state index in [-0.39, 0.29) is 13.0 Å². The van der Waals surface area contributed by atoms with E-state index in [1.165, 1.54) is 0 Å². The van der Waals surface area contributed by atoms with Gasteiger partial charge in [0.1, 0.15) is 11.2 Å². The van der Waals surface area contributed by atoms with E-state index in [9.17, 15) is 14.4 Å². The third-order valence-corrected chi connectivity index (χ3v) is 3.06. The second kappa shape index (κ2) is 5.89. The highest BCUT2D eigenvalue weighted by Gasteiger charge is 2.72. The summed E-state index contributed by atoms with van der Waals surface area (Å²) in [5, 5.41) is 0. The Labute approximate surface area is 131 Å². The molecule has 1 saturated carbocycles. The molecule has 126 valence electrons. The monoisotopic (exact) mass is 314 g/mol. The fourth-order valence-electron chi connectivity index (χ4n) is 2.06. The number of ether oxygens (including phenoxy) is 3. The standard InChI is InChI=1S/C16H26O6/c1-8-20-11(17)10-9-16(10,12(18)21-14(2,3)4)13(19)22-15(5,6)7/h10H,8-9H2,1-7H3. The van der Waals surface area contributed by atoms with Crippen molar-refractivity contribution in [1.29, 1.82) is 0 Å². The van der Waals surface area contributed by atoms with Gasteiger partial charge in [0, 0.05) is 0 Å². The van der Waals surface area contributed by atoms with Crippen molar-refractivity contribution >= 4 is 17.9 Å². The first kappa shape index (κ1) is 18.5. The van der Waals surface area contributed by atoms with Gasteiger partial charge in [-0.1, -0.05) is 0 Å². The summed E-state index contributed by atoms with van der Waals surface area (Å²) < 4.78 is 15.6. The molecule has 0 aromatic heterocycles. The van der Waals surface area contributed by atoms with Crippen LogP contribution in [0.2, 0.25) is 0 Å². The molecular formula is C16H26O6. The zero-order chi connectivity index (χ0) is 17.3. The Kier molecular flexibility index (Phi) is 4.94. The molecule has 1 aliphatic carbocycles. The van der Waals surface area contributed by atoms with Crippen molar-refractivity contribution in [3.8, 4) is 0 Å². The molecule has 1 fully saturated rings. The maximum atomic E-state index is 12.5. The lowest BCUT2D eigenvalue weighted by molar-refractivity contribution is -0.180. The van der Waals surface area contributed by atoms with Gasteiger partial charge in [0.15, 0.2) is 5.41 Å². The van der Waals surface area contributed by atoms with E-state index in [0.717, 1.165) is 0 Å². The Morgan fingerprint density at radius 1 is 0.955 bits per heavy atom. The van der Waals surface area contributed by atoms with Gasteiger partial charge in [0.2, 0.25) is 0 Å². The van der Waals surface area contributed by atoms with Crippen LogP contribution in [0.4, 0.5) is 0 Å². The number of carbonyl (C=O) groups excluding carboxylic acids is 3. The van der Waals surface area contributed by atoms with E-state index >= 15 is 0 Å². The lowest BCUT2D eigenvalue weighted by Gasteiger charge is -2.26. The molecule has 6 heteroatoms. The van der Waals surface area contributed by atoms with Crippen LogP contribution < -0.4 is 0 Å². The zero-order valence-electron chi connectivity index (χ0n) is 14.4. The van der Waals surface area contributed by atoms with Gasteiger partial charge in [-0.2, -0.15) is 0 Å². The molecule has 0 saturated heterocycles. The van der Waals surface area contributed by atoms with Crippen LogP contribution in [-0.2, 0) is 28.6 Å². The predicted octanol–water partition coefficient (Wildman–Crippen LogP) is 2.24. The SMILES string of the molecule is CCOC(=O)C1CC1(C(=O)OC(C)(C)C)C(=O)OC(C)(C)C. The van der Waals surface area contributed by atoms with Crippen molar-refractivity contribution < 1.29 is 28.6 Å². The molecule has 0 aliphatic heterocycles. The van der Waals surface area contributed by atoms with Crippen LogP contribution in [0.1, 0.15) is 54.9 Å². The van der Waals surface area contributed by atoms with Crippen LogP contribution in [0, 0.1) is 11.3 Å². The highest BCUT2D eigenvalue weighted by molar-refractivity contribution is 6.09.